The van der Waals surface area contributed by atoms with Crippen molar-refractivity contribution < 1.29 is 14.7 Å². The zero-order chi connectivity index (χ0) is 12.8. The number of hydrogen-bond donors (Lipinski definition) is 1. The summed E-state index contributed by atoms with van der Waals surface area (Å²) in [6.45, 7) is -0.356. The molecule has 0 saturated heterocycles. The molecule has 1 amide bonds. The lowest BCUT2D eigenvalue weighted by molar-refractivity contribution is -0.304. The zero-order valence-electron chi connectivity index (χ0n) is 10.6. The number of nitrogens with one attached hydrogen (secondary N) is 1. The lowest BCUT2D eigenvalue weighted by Crippen LogP contribution is -2.48. The van der Waals surface area contributed by atoms with Crippen LogP contribution < -0.4 is 10.4 Å². The Labute approximate surface area is 107 Å². The lowest BCUT2D eigenvalue weighted by atomic mass is 9.49. The Balaban J connectivity index is 1.61. The molecule has 4 saturated carbocycles. The lowest BCUT2D eigenvalue weighted by Gasteiger charge is -2.56. The molecule has 0 radical (unpaired) electrons. The van der Waals surface area contributed by atoms with Gasteiger partial charge in [0, 0.05) is 6.42 Å². The van der Waals surface area contributed by atoms with Crippen LogP contribution in [0.1, 0.15) is 44.9 Å². The average molecular weight is 250 g/mol. The maximum atomic E-state index is 11.8. The number of aliphatic carboxylic acids is 1. The molecule has 4 bridgehead atoms. The predicted octanol–water partition coefficient (Wildman–Crippen LogP) is 0.459. The standard InChI is InChI=1S/C14H21NO3/c16-12(15-8-13(17)18)7-14-4-9-1-10(5-14)3-11(2-9)6-14/h9-11H,1-8H2,(H,15,16)(H,17,18)/p-1. The number of hydrogen-bond acceptors (Lipinski definition) is 3. The van der Waals surface area contributed by atoms with Gasteiger partial charge in [-0.25, -0.2) is 0 Å². The number of carboxylic acids is 1. The molecule has 18 heavy (non-hydrogen) atoms. The SMILES string of the molecule is O=C([O-])CNC(=O)CC12CC3CC(CC(C3)C1)C2. The van der Waals surface area contributed by atoms with Crippen LogP contribution in [0.4, 0.5) is 0 Å². The van der Waals surface area contributed by atoms with Crippen LogP contribution in [0, 0.1) is 23.2 Å². The fraction of sp³-hybridized carbons (Fsp3) is 0.857. The van der Waals surface area contributed by atoms with Crippen LogP contribution in [0.2, 0.25) is 0 Å². The van der Waals surface area contributed by atoms with Crippen molar-refractivity contribution in [1.29, 1.82) is 0 Å². The number of carboxylic acid groups (broad SMARTS) is 1. The molecule has 4 nitrogen and oxygen atoms in total. The van der Waals surface area contributed by atoms with E-state index in [0.29, 0.717) is 6.42 Å². The van der Waals surface area contributed by atoms with Crippen molar-refractivity contribution in [3.63, 3.8) is 0 Å². The smallest absolute Gasteiger partial charge is 0.220 e. The molecule has 100 valence electrons. The summed E-state index contributed by atoms with van der Waals surface area (Å²) in [6.07, 6.45) is 8.14. The van der Waals surface area contributed by atoms with E-state index in [9.17, 15) is 14.7 Å². The van der Waals surface area contributed by atoms with Crippen molar-refractivity contribution in [2.24, 2.45) is 23.2 Å². The van der Waals surface area contributed by atoms with Crippen molar-refractivity contribution in [3.05, 3.63) is 0 Å². The van der Waals surface area contributed by atoms with E-state index in [0.717, 1.165) is 17.8 Å². The number of carbonyl (C=O) groups is 2. The molecule has 0 aromatic heterocycles. The minimum Gasteiger partial charge on any atom is -0.548 e. The first-order chi connectivity index (χ1) is 8.55. The van der Waals surface area contributed by atoms with Crippen molar-refractivity contribution in [3.8, 4) is 0 Å². The van der Waals surface area contributed by atoms with E-state index in [-0.39, 0.29) is 17.9 Å². The van der Waals surface area contributed by atoms with Gasteiger partial charge in [-0.3, -0.25) is 4.79 Å². The molecule has 0 spiro atoms. The number of amides is 1. The zero-order valence-corrected chi connectivity index (χ0v) is 10.6. The molecule has 0 aromatic rings. The molecule has 1 N–H and O–H groups in total. The van der Waals surface area contributed by atoms with Gasteiger partial charge in [0.05, 0.1) is 12.5 Å². The highest BCUT2D eigenvalue weighted by Gasteiger charge is 2.51. The summed E-state index contributed by atoms with van der Waals surface area (Å²) in [4.78, 5) is 22.2. The Morgan fingerprint density at radius 2 is 1.56 bits per heavy atom. The summed E-state index contributed by atoms with van der Waals surface area (Å²) in [5.74, 6) is 1.15. The van der Waals surface area contributed by atoms with E-state index < -0.39 is 5.97 Å². The van der Waals surface area contributed by atoms with Gasteiger partial charge in [-0.2, -0.15) is 0 Å². The third-order valence-corrected chi connectivity index (χ3v) is 5.13. The van der Waals surface area contributed by atoms with Crippen molar-refractivity contribution in [2.45, 2.75) is 44.9 Å². The molecular weight excluding hydrogens is 230 g/mol. The first kappa shape index (κ1) is 12.0. The molecule has 4 aliphatic carbocycles. The van der Waals surface area contributed by atoms with Gasteiger partial charge in [-0.05, 0) is 61.7 Å². The topological polar surface area (TPSA) is 69.2 Å². The predicted molar refractivity (Wildman–Crippen MR) is 63.2 cm³/mol. The number of carbonyl (C=O) groups excluding carboxylic acids is 2. The molecule has 4 heteroatoms. The van der Waals surface area contributed by atoms with E-state index in [1.54, 1.807) is 0 Å². The monoisotopic (exact) mass is 250 g/mol. The fourth-order valence-corrected chi connectivity index (χ4v) is 5.08. The van der Waals surface area contributed by atoms with E-state index in [4.69, 9.17) is 0 Å². The van der Waals surface area contributed by atoms with Crippen LogP contribution in [0.15, 0.2) is 0 Å². The molecule has 4 rings (SSSR count). The van der Waals surface area contributed by atoms with E-state index >= 15 is 0 Å². The molecule has 0 aliphatic heterocycles. The molecule has 4 aliphatic rings. The first-order valence-corrected chi connectivity index (χ1v) is 7.01. The van der Waals surface area contributed by atoms with Crippen LogP contribution in [0.3, 0.4) is 0 Å². The first-order valence-electron chi connectivity index (χ1n) is 7.01. The van der Waals surface area contributed by atoms with Gasteiger partial charge in [0.15, 0.2) is 0 Å². The summed E-state index contributed by atoms with van der Waals surface area (Å²) >= 11 is 0. The Kier molecular flexibility index (Phi) is 2.83. The van der Waals surface area contributed by atoms with Crippen molar-refractivity contribution >= 4 is 11.9 Å². The van der Waals surface area contributed by atoms with E-state index in [1.165, 1.54) is 38.5 Å². The summed E-state index contributed by atoms with van der Waals surface area (Å²) in [7, 11) is 0. The summed E-state index contributed by atoms with van der Waals surface area (Å²) in [6, 6.07) is 0. The van der Waals surface area contributed by atoms with Gasteiger partial charge in [0.25, 0.3) is 0 Å². The van der Waals surface area contributed by atoms with Crippen LogP contribution in [0.5, 0.6) is 0 Å². The van der Waals surface area contributed by atoms with Crippen LogP contribution in [0.25, 0.3) is 0 Å². The van der Waals surface area contributed by atoms with Gasteiger partial charge in [-0.15, -0.1) is 0 Å². The van der Waals surface area contributed by atoms with Gasteiger partial charge in [-0.1, -0.05) is 0 Å². The van der Waals surface area contributed by atoms with E-state index in [1.807, 2.05) is 0 Å². The Morgan fingerprint density at radius 3 is 2.00 bits per heavy atom. The third kappa shape index (κ3) is 2.25. The molecule has 0 aromatic carbocycles. The minimum atomic E-state index is -1.21. The second-order valence-electron chi connectivity index (χ2n) is 6.74. The van der Waals surface area contributed by atoms with Crippen molar-refractivity contribution in [2.75, 3.05) is 6.54 Å². The number of rotatable bonds is 4. The van der Waals surface area contributed by atoms with Gasteiger partial charge in [0.1, 0.15) is 0 Å². The maximum absolute atomic E-state index is 11.8. The van der Waals surface area contributed by atoms with Gasteiger partial charge >= 0.3 is 0 Å². The highest BCUT2D eigenvalue weighted by molar-refractivity contribution is 5.81. The maximum Gasteiger partial charge on any atom is 0.220 e. The Bertz CT molecular complexity index is 342. The molecule has 0 heterocycles. The Morgan fingerprint density at radius 1 is 1.06 bits per heavy atom. The molecule has 0 unspecified atom stereocenters. The molecular formula is C14H20NO3-. The van der Waals surface area contributed by atoms with E-state index in [2.05, 4.69) is 5.32 Å². The summed E-state index contributed by atoms with van der Waals surface area (Å²) in [5, 5.41) is 12.8. The average Bonchev–Trinajstić information content (AvgIpc) is 2.23. The quantitative estimate of drug-likeness (QED) is 0.788. The van der Waals surface area contributed by atoms with Gasteiger partial charge < -0.3 is 15.2 Å². The second-order valence-corrected chi connectivity index (χ2v) is 6.74. The van der Waals surface area contributed by atoms with Gasteiger partial charge in [0.2, 0.25) is 5.91 Å². The summed E-state index contributed by atoms with van der Waals surface area (Å²) < 4.78 is 0. The second kappa shape index (κ2) is 4.25. The normalized spacial score (nSPS) is 40.8. The Hall–Kier alpha value is -1.06. The fourth-order valence-electron chi connectivity index (χ4n) is 5.08. The summed E-state index contributed by atoms with van der Waals surface area (Å²) in [5.41, 5.74) is 0.185. The third-order valence-electron chi connectivity index (χ3n) is 5.13. The van der Waals surface area contributed by atoms with Crippen LogP contribution in [-0.4, -0.2) is 18.4 Å². The largest absolute Gasteiger partial charge is 0.548 e. The van der Waals surface area contributed by atoms with Crippen LogP contribution >= 0.6 is 0 Å². The highest BCUT2D eigenvalue weighted by Crippen LogP contribution is 2.61. The highest BCUT2D eigenvalue weighted by atomic mass is 16.4. The molecule has 4 fully saturated rings. The van der Waals surface area contributed by atoms with Crippen molar-refractivity contribution in [1.82, 2.24) is 5.32 Å². The van der Waals surface area contributed by atoms with Crippen LogP contribution in [-0.2, 0) is 9.59 Å². The molecule has 0 atom stereocenters. The minimum absolute atomic E-state index is 0.110.